The van der Waals surface area contributed by atoms with Gasteiger partial charge in [-0.15, -0.1) is 0 Å². The fraction of sp³-hybridized carbons (Fsp3) is 0.421. The quantitative estimate of drug-likeness (QED) is 0.724. The summed E-state index contributed by atoms with van der Waals surface area (Å²) in [6.07, 6.45) is -4.05. The molecule has 0 radical (unpaired) electrons. The Hall–Kier alpha value is -2.68. The summed E-state index contributed by atoms with van der Waals surface area (Å²) in [5, 5.41) is 0. The molecule has 9 heteroatoms. The Morgan fingerprint density at radius 1 is 1.29 bits per heavy atom. The van der Waals surface area contributed by atoms with Crippen LogP contribution in [0.1, 0.15) is 33.7 Å². The molecule has 6 nitrogen and oxygen atoms in total. The number of anilines is 1. The highest BCUT2D eigenvalue weighted by molar-refractivity contribution is 5.87. The summed E-state index contributed by atoms with van der Waals surface area (Å²) >= 11 is 0. The van der Waals surface area contributed by atoms with Gasteiger partial charge in [0.05, 0.1) is 25.4 Å². The lowest BCUT2D eigenvalue weighted by molar-refractivity contribution is -0.139. The number of halogens is 3. The number of aryl methyl sites for hydroxylation is 1. The van der Waals surface area contributed by atoms with Gasteiger partial charge in [0.15, 0.2) is 5.69 Å². The molecular weight excluding hydrogens is 375 g/mol. The van der Waals surface area contributed by atoms with E-state index in [4.69, 9.17) is 9.47 Å². The molecule has 3 rings (SSSR count). The van der Waals surface area contributed by atoms with Crippen LogP contribution in [0.3, 0.4) is 0 Å². The minimum Gasteiger partial charge on any atom is -0.464 e. The highest BCUT2D eigenvalue weighted by Gasteiger charge is 2.33. The van der Waals surface area contributed by atoms with E-state index in [0.717, 1.165) is 6.07 Å². The zero-order valence-electron chi connectivity index (χ0n) is 15.5. The van der Waals surface area contributed by atoms with E-state index < -0.39 is 17.7 Å². The van der Waals surface area contributed by atoms with Gasteiger partial charge < -0.3 is 14.4 Å². The molecule has 0 saturated carbocycles. The van der Waals surface area contributed by atoms with Crippen molar-refractivity contribution in [2.24, 2.45) is 0 Å². The van der Waals surface area contributed by atoms with Crippen LogP contribution in [0.5, 0.6) is 0 Å². The van der Waals surface area contributed by atoms with E-state index in [1.54, 1.807) is 13.0 Å². The predicted octanol–water partition coefficient (Wildman–Crippen LogP) is 3.39. The van der Waals surface area contributed by atoms with Gasteiger partial charge in [-0.2, -0.15) is 13.2 Å². The lowest BCUT2D eigenvalue weighted by Gasteiger charge is -2.18. The van der Waals surface area contributed by atoms with Crippen LogP contribution in [0.4, 0.5) is 19.1 Å². The number of ether oxygens (including phenoxy) is 2. The first-order valence-corrected chi connectivity index (χ1v) is 8.73. The second kappa shape index (κ2) is 8.14. The molecule has 0 N–H and O–H groups in total. The fourth-order valence-corrected chi connectivity index (χ4v) is 3.08. The first-order valence-electron chi connectivity index (χ1n) is 8.73. The average molecular weight is 395 g/mol. The van der Waals surface area contributed by atoms with E-state index in [9.17, 15) is 18.0 Å². The molecule has 2 heterocycles. The van der Waals surface area contributed by atoms with Crippen LogP contribution in [0, 0.1) is 6.92 Å². The number of carbonyl (C=O) groups is 1. The number of esters is 1. The Labute approximate surface area is 160 Å². The maximum absolute atomic E-state index is 13.1. The van der Waals surface area contributed by atoms with E-state index in [1.165, 1.54) is 25.3 Å². The third kappa shape index (κ3) is 4.59. The molecule has 0 spiro atoms. The van der Waals surface area contributed by atoms with Gasteiger partial charge in [-0.3, -0.25) is 0 Å². The lowest BCUT2D eigenvalue weighted by atomic mass is 10.1. The second-order valence-electron chi connectivity index (χ2n) is 6.51. The van der Waals surface area contributed by atoms with Gasteiger partial charge in [-0.1, -0.05) is 18.2 Å². The standard InChI is InChI=1S/C19H20F3N3O3/c1-12-9-16(17(26)27-2)24-18(23-12)25-8-7-14(10-25)28-11-13-5-3-4-6-15(13)19(20,21)22/h3-6,9,14H,7-8,10-11H2,1-2H3/t14-/m1/s1. The normalized spacial score (nSPS) is 17.0. The third-order valence-electron chi connectivity index (χ3n) is 4.46. The average Bonchev–Trinajstić information content (AvgIpc) is 3.14. The molecule has 150 valence electrons. The van der Waals surface area contributed by atoms with Gasteiger partial charge in [0.1, 0.15) is 0 Å². The summed E-state index contributed by atoms with van der Waals surface area (Å²) in [4.78, 5) is 22.1. The van der Waals surface area contributed by atoms with Gasteiger partial charge in [0.2, 0.25) is 5.95 Å². The van der Waals surface area contributed by atoms with Crippen molar-refractivity contribution < 1.29 is 27.4 Å². The largest absolute Gasteiger partial charge is 0.464 e. The van der Waals surface area contributed by atoms with Crippen LogP contribution >= 0.6 is 0 Å². The Balaban J connectivity index is 1.66. The van der Waals surface area contributed by atoms with Crippen LogP contribution in [0.25, 0.3) is 0 Å². The van der Waals surface area contributed by atoms with Gasteiger partial charge in [0, 0.05) is 18.8 Å². The Morgan fingerprint density at radius 2 is 2.04 bits per heavy atom. The number of hydrogen-bond acceptors (Lipinski definition) is 6. The fourth-order valence-electron chi connectivity index (χ4n) is 3.08. The predicted molar refractivity (Wildman–Crippen MR) is 95.0 cm³/mol. The molecule has 1 fully saturated rings. The van der Waals surface area contributed by atoms with E-state index in [1.807, 2.05) is 4.90 Å². The van der Waals surface area contributed by atoms with E-state index in [2.05, 4.69) is 9.97 Å². The van der Waals surface area contributed by atoms with E-state index in [0.29, 0.717) is 31.2 Å². The maximum Gasteiger partial charge on any atom is 0.416 e. The summed E-state index contributed by atoms with van der Waals surface area (Å²) in [6, 6.07) is 6.92. The smallest absolute Gasteiger partial charge is 0.416 e. The number of carbonyl (C=O) groups excluding carboxylic acids is 1. The first kappa shape index (κ1) is 20.1. The molecule has 28 heavy (non-hydrogen) atoms. The summed E-state index contributed by atoms with van der Waals surface area (Å²) in [6.45, 7) is 2.62. The van der Waals surface area contributed by atoms with Crippen LogP contribution in [0.2, 0.25) is 0 Å². The number of benzene rings is 1. The molecular formula is C19H20F3N3O3. The van der Waals surface area contributed by atoms with Gasteiger partial charge in [0.25, 0.3) is 0 Å². The molecule has 1 aliphatic heterocycles. The Morgan fingerprint density at radius 3 is 2.75 bits per heavy atom. The van der Waals surface area contributed by atoms with Crippen molar-refractivity contribution in [2.75, 3.05) is 25.1 Å². The van der Waals surface area contributed by atoms with Crippen LogP contribution in [-0.4, -0.2) is 42.2 Å². The van der Waals surface area contributed by atoms with Gasteiger partial charge in [-0.05, 0) is 31.0 Å². The number of hydrogen-bond donors (Lipinski definition) is 0. The number of methoxy groups -OCH3 is 1. The van der Waals surface area contributed by atoms with E-state index >= 15 is 0 Å². The van der Waals surface area contributed by atoms with Crippen molar-refractivity contribution >= 4 is 11.9 Å². The molecule has 1 saturated heterocycles. The summed E-state index contributed by atoms with van der Waals surface area (Å²) in [5.74, 6) is -0.176. The number of aromatic nitrogens is 2. The molecule has 0 unspecified atom stereocenters. The Kier molecular flexibility index (Phi) is 5.83. The van der Waals surface area contributed by atoms with Crippen LogP contribution in [-0.2, 0) is 22.3 Å². The zero-order valence-corrected chi connectivity index (χ0v) is 15.5. The van der Waals surface area contributed by atoms with E-state index in [-0.39, 0.29) is 24.0 Å². The lowest BCUT2D eigenvalue weighted by Crippen LogP contribution is -2.26. The molecule has 2 aromatic rings. The van der Waals surface area contributed by atoms with Crippen molar-refractivity contribution in [3.05, 3.63) is 52.8 Å². The van der Waals surface area contributed by atoms with Crippen molar-refractivity contribution in [2.45, 2.75) is 32.2 Å². The molecule has 1 atom stereocenters. The monoisotopic (exact) mass is 395 g/mol. The second-order valence-corrected chi connectivity index (χ2v) is 6.51. The minimum absolute atomic E-state index is 0.105. The topological polar surface area (TPSA) is 64.5 Å². The van der Waals surface area contributed by atoms with Crippen molar-refractivity contribution in [1.82, 2.24) is 9.97 Å². The SMILES string of the molecule is COC(=O)c1cc(C)nc(N2CC[C@@H](OCc3ccccc3C(F)(F)F)C2)n1. The Bertz CT molecular complexity index is 858. The number of rotatable bonds is 5. The molecule has 1 aromatic heterocycles. The van der Waals surface area contributed by atoms with Crippen molar-refractivity contribution in [3.63, 3.8) is 0 Å². The van der Waals surface area contributed by atoms with Crippen LogP contribution in [0.15, 0.2) is 30.3 Å². The summed E-state index contributed by atoms with van der Waals surface area (Å²) in [7, 11) is 1.28. The van der Waals surface area contributed by atoms with Crippen molar-refractivity contribution in [1.29, 1.82) is 0 Å². The van der Waals surface area contributed by atoms with Gasteiger partial charge >= 0.3 is 12.1 Å². The molecule has 0 amide bonds. The summed E-state index contributed by atoms with van der Waals surface area (Å²) < 4.78 is 49.7. The van der Waals surface area contributed by atoms with Crippen molar-refractivity contribution in [3.8, 4) is 0 Å². The van der Waals surface area contributed by atoms with Crippen LogP contribution < -0.4 is 4.90 Å². The molecule has 0 aliphatic carbocycles. The highest BCUT2D eigenvalue weighted by atomic mass is 19.4. The molecule has 0 bridgehead atoms. The molecule has 1 aliphatic rings. The minimum atomic E-state index is -4.42. The number of alkyl halides is 3. The number of nitrogens with zero attached hydrogens (tertiary/aromatic N) is 3. The first-order chi connectivity index (χ1) is 13.3. The third-order valence-corrected chi connectivity index (χ3v) is 4.46. The zero-order chi connectivity index (χ0) is 20.3. The maximum atomic E-state index is 13.1. The van der Waals surface area contributed by atoms with Gasteiger partial charge in [-0.25, -0.2) is 14.8 Å². The molecule has 1 aromatic carbocycles. The highest BCUT2D eigenvalue weighted by Crippen LogP contribution is 2.32. The summed E-state index contributed by atoms with van der Waals surface area (Å²) in [5.41, 5.74) is 0.199.